The quantitative estimate of drug-likeness (QED) is 0.0455. The Morgan fingerprint density at radius 3 is 1.72 bits per heavy atom. The number of esters is 2. The monoisotopic (exact) mass is 898 g/mol. The van der Waals surface area contributed by atoms with Gasteiger partial charge in [0.15, 0.2) is 0 Å². The maximum absolute atomic E-state index is 12.1. The van der Waals surface area contributed by atoms with E-state index in [1.807, 2.05) is 72.4 Å². The summed E-state index contributed by atoms with van der Waals surface area (Å²) in [5, 5.41) is 12.0. The van der Waals surface area contributed by atoms with Gasteiger partial charge in [0.05, 0.1) is 29.4 Å². The fourth-order valence-electron chi connectivity index (χ4n) is 6.32. The van der Waals surface area contributed by atoms with Gasteiger partial charge in [0.1, 0.15) is 33.3 Å². The Labute approximate surface area is 344 Å². The predicted molar refractivity (Wildman–Crippen MR) is 181 cm³/mol. The number of urea groups is 2. The Morgan fingerprint density at radius 2 is 1.19 bits per heavy atom. The molecule has 0 saturated carbocycles. The molecule has 4 amide bonds. The number of carbonyl (C=O) groups excluding carboxylic acids is 4. The van der Waals surface area contributed by atoms with Crippen molar-refractivity contribution in [2.24, 2.45) is 0 Å². The van der Waals surface area contributed by atoms with Crippen molar-refractivity contribution in [2.45, 2.75) is 99.2 Å². The minimum Gasteiger partial charge on any atom is -0.461 e. The number of fused-ring (bicyclic) bond motifs is 2. The van der Waals surface area contributed by atoms with Crippen LogP contribution < -0.4 is 84.7 Å². The molecule has 53 heavy (non-hydrogen) atoms. The average molecular weight is 899 g/mol. The fraction of sp³-hybridized carbons (Fsp3) is 0.529. The van der Waals surface area contributed by atoms with Crippen LogP contribution in [0.1, 0.15) is 62.5 Å². The van der Waals surface area contributed by atoms with E-state index in [2.05, 4.69) is 21.3 Å². The summed E-state index contributed by atoms with van der Waals surface area (Å²) in [6.45, 7) is 0.646. The Kier molecular flexibility index (Phi) is 19.8. The van der Waals surface area contributed by atoms with Crippen LogP contribution in [0.4, 0.5) is 9.59 Å². The third-order valence-corrected chi connectivity index (χ3v) is 12.2. The zero-order chi connectivity index (χ0) is 37.5. The smallest absolute Gasteiger partial charge is 0.461 e. The van der Waals surface area contributed by atoms with Gasteiger partial charge in [0.25, 0.3) is 0 Å². The number of ether oxygens (including phenoxy) is 2. The first-order chi connectivity index (χ1) is 24.9. The summed E-state index contributed by atoms with van der Waals surface area (Å²) in [6.07, 6.45) is 5.94. The summed E-state index contributed by atoms with van der Waals surface area (Å²) < 4.78 is 57.1. The Morgan fingerprint density at radius 1 is 0.717 bits per heavy atom. The van der Waals surface area contributed by atoms with Crippen LogP contribution in [0.25, 0.3) is 0 Å². The van der Waals surface area contributed by atoms with Crippen LogP contribution in [-0.2, 0) is 43.1 Å². The molecule has 15 nitrogen and oxygen atoms in total. The molecule has 0 radical (unpaired) electrons. The van der Waals surface area contributed by atoms with E-state index >= 15 is 0 Å². The van der Waals surface area contributed by atoms with Crippen molar-refractivity contribution in [2.75, 3.05) is 11.5 Å². The molecule has 0 bridgehead atoms. The van der Waals surface area contributed by atoms with Crippen LogP contribution in [0.3, 0.4) is 0 Å². The van der Waals surface area contributed by atoms with E-state index in [1.54, 1.807) is 0 Å². The third kappa shape index (κ3) is 16.7. The second-order valence-corrected chi connectivity index (χ2v) is 17.7. The molecule has 7 atom stereocenters. The van der Waals surface area contributed by atoms with Crippen molar-refractivity contribution in [3.8, 4) is 0 Å². The number of amides is 4. The number of benzene rings is 2. The van der Waals surface area contributed by atoms with Crippen LogP contribution >= 0.6 is 11.8 Å². The molecular weight excluding hydrogens is 854 g/mol. The molecule has 6 rings (SSSR count). The number of carbonyl (C=O) groups is 4. The molecule has 19 heteroatoms. The number of thioether (sulfide) groups is 1. The second-order valence-electron chi connectivity index (χ2n) is 12.6. The first kappa shape index (κ1) is 45.4. The van der Waals surface area contributed by atoms with Gasteiger partial charge in [-0.2, -0.15) is 11.8 Å². The van der Waals surface area contributed by atoms with Gasteiger partial charge >= 0.3 is 53.6 Å². The van der Waals surface area contributed by atoms with Crippen LogP contribution in [0.15, 0.2) is 60.7 Å². The van der Waals surface area contributed by atoms with Crippen molar-refractivity contribution >= 4 is 46.6 Å². The normalized spacial score (nSPS) is 24.9. The molecular formula is C34H44IN4NaO11S2. The molecule has 4 saturated heterocycles. The largest absolute Gasteiger partial charge is 1.00 e. The number of nitrogens with one attached hydrogen (secondary N) is 4. The number of hydrogen-bond acceptors (Lipinski definition) is 12. The van der Waals surface area contributed by atoms with Gasteiger partial charge in [-0.15, -0.1) is 0 Å². The van der Waals surface area contributed by atoms with E-state index in [0.29, 0.717) is 43.5 Å². The molecule has 4 heterocycles. The summed E-state index contributed by atoms with van der Waals surface area (Å²) in [7, 11) is -0.920. The van der Waals surface area contributed by atoms with Crippen LogP contribution in [-0.4, -0.2) is 74.4 Å². The summed E-state index contributed by atoms with van der Waals surface area (Å²) >= 11 is -4.03. The average Bonchev–Trinajstić information content (AvgIpc) is 3.84. The number of unbranched alkanes of at least 4 members (excludes halogenated alkanes) is 2. The van der Waals surface area contributed by atoms with Gasteiger partial charge in [-0.05, 0) is 36.8 Å². The van der Waals surface area contributed by atoms with Crippen molar-refractivity contribution in [3.05, 3.63) is 71.8 Å². The SMILES string of the molecule is O=C1N[C@H]2[C@H](CS(=O)[C@H]2CCCCC(=O)OCc2ccccc2)N1.O=C1N[C@H]2[C@H](CS[C@H]2CCCCC(=O)OCc2ccccc2)N1.[Na+].[O-][I+3]([O-])([O-])[O-]. The van der Waals surface area contributed by atoms with E-state index in [4.69, 9.17) is 23.2 Å². The standard InChI is InChI=1S/C17H22N2O4S.C17H22N2O3S.IO4.Na/c20-15(23-10-12-6-2-1-3-7-12)9-5-4-8-14-16-13(11-24(14)22)18-17(21)19-16;20-15(22-10-12-6-2-1-3-7-12)9-5-4-8-14-16-13(11-23-14)18-17(21)19-16;2-1(3,4)5;/h1-3,6-7,13-14,16H,4-5,8-11H2,(H2,18,19,21);1-3,6-7,13-14,16H,4-5,8-11H2,(H2,18,19,21);;/q;;-1;+1/t13-,14-,16-,24?;13-,14-,16-;;/m00../s1. The molecule has 286 valence electrons. The minimum atomic E-state index is -5.94. The van der Waals surface area contributed by atoms with Gasteiger partial charge in [-0.1, -0.05) is 73.5 Å². The van der Waals surface area contributed by atoms with Gasteiger partial charge in [-0.3, -0.25) is 27.5 Å². The van der Waals surface area contributed by atoms with Gasteiger partial charge in [-0.25, -0.2) is 9.59 Å². The molecule has 1 unspecified atom stereocenters. The number of halogens is 1. The Balaban J connectivity index is 0.000000249. The summed E-state index contributed by atoms with van der Waals surface area (Å²) in [5.74, 6) is 1.15. The second kappa shape index (κ2) is 23.2. The molecule has 2 aromatic carbocycles. The van der Waals surface area contributed by atoms with Crippen LogP contribution in [0.5, 0.6) is 0 Å². The Bertz CT molecular complexity index is 1490. The molecule has 0 spiro atoms. The van der Waals surface area contributed by atoms with Crippen molar-refractivity contribution in [3.63, 3.8) is 0 Å². The summed E-state index contributed by atoms with van der Waals surface area (Å²) in [5.41, 5.74) is 1.99. The van der Waals surface area contributed by atoms with E-state index in [-0.39, 0.29) is 83.0 Å². The van der Waals surface area contributed by atoms with Gasteiger partial charge < -0.3 is 30.7 Å². The summed E-state index contributed by atoms with van der Waals surface area (Å²) in [6, 6.07) is 19.5. The Hall–Kier alpha value is -2.01. The maximum Gasteiger partial charge on any atom is 1.00 e. The van der Waals surface area contributed by atoms with Crippen molar-refractivity contribution < 1.29 is 96.3 Å². The maximum atomic E-state index is 12.1. The van der Waals surface area contributed by atoms with E-state index < -0.39 is 30.9 Å². The fourth-order valence-corrected chi connectivity index (χ4v) is 9.77. The molecule has 4 N–H and O–H groups in total. The third-order valence-electron chi connectivity index (χ3n) is 8.79. The molecule has 4 aliphatic heterocycles. The predicted octanol–water partition coefficient (Wildman–Crippen LogP) is -6.82. The molecule has 2 aromatic rings. The first-order valence-electron chi connectivity index (χ1n) is 17.0. The minimum absolute atomic E-state index is 0. The number of rotatable bonds is 14. The van der Waals surface area contributed by atoms with Crippen LogP contribution in [0.2, 0.25) is 0 Å². The van der Waals surface area contributed by atoms with Gasteiger partial charge in [0.2, 0.25) is 0 Å². The summed E-state index contributed by atoms with van der Waals surface area (Å²) in [4.78, 5) is 46.1. The van der Waals surface area contributed by atoms with E-state index in [0.717, 1.165) is 49.0 Å². The molecule has 4 aliphatic rings. The van der Waals surface area contributed by atoms with Crippen molar-refractivity contribution in [1.29, 1.82) is 0 Å². The molecule has 4 fully saturated rings. The topological polar surface area (TPSA) is 244 Å². The van der Waals surface area contributed by atoms with E-state index in [9.17, 15) is 23.4 Å². The van der Waals surface area contributed by atoms with Gasteiger partial charge in [0, 0.05) is 40.4 Å². The zero-order valence-electron chi connectivity index (χ0n) is 29.4. The van der Waals surface area contributed by atoms with Crippen LogP contribution in [0, 0.1) is 0 Å². The zero-order valence-corrected chi connectivity index (χ0v) is 35.2. The molecule has 0 aromatic heterocycles. The first-order valence-corrected chi connectivity index (χ1v) is 22.9. The van der Waals surface area contributed by atoms with E-state index in [1.165, 1.54) is 0 Å². The molecule has 0 aliphatic carbocycles. The van der Waals surface area contributed by atoms with Crippen molar-refractivity contribution in [1.82, 2.24) is 21.3 Å². The number of hydrogen-bond donors (Lipinski definition) is 4.